The van der Waals surface area contributed by atoms with E-state index in [0.29, 0.717) is 12.6 Å². The predicted octanol–water partition coefficient (Wildman–Crippen LogP) is 3.22. The summed E-state index contributed by atoms with van der Waals surface area (Å²) in [6.45, 7) is 5.36. The minimum atomic E-state index is 0. The molecule has 0 spiro atoms. The van der Waals surface area contributed by atoms with Crippen molar-refractivity contribution >= 4 is 35.6 Å². The van der Waals surface area contributed by atoms with Crippen LogP contribution >= 0.6 is 24.0 Å². The van der Waals surface area contributed by atoms with E-state index in [4.69, 9.17) is 4.99 Å². The first kappa shape index (κ1) is 22.1. The van der Waals surface area contributed by atoms with Crippen LogP contribution in [0.2, 0.25) is 0 Å². The van der Waals surface area contributed by atoms with E-state index >= 15 is 0 Å². The average molecular weight is 517 g/mol. The number of rotatable bonds is 6. The molecule has 158 valence electrons. The molecule has 0 amide bonds. The van der Waals surface area contributed by atoms with Crippen LogP contribution in [0.25, 0.3) is 5.69 Å². The van der Waals surface area contributed by atoms with Crippen molar-refractivity contribution in [3.05, 3.63) is 72.8 Å². The lowest BCUT2D eigenvalue weighted by Gasteiger charge is -2.20. The van der Waals surface area contributed by atoms with Crippen molar-refractivity contribution in [3.63, 3.8) is 0 Å². The third-order valence-electron chi connectivity index (χ3n) is 5.03. The molecule has 0 radical (unpaired) electrons. The number of hydrogen-bond acceptors (Lipinski definition) is 4. The molecule has 2 aromatic carbocycles. The van der Waals surface area contributed by atoms with E-state index in [9.17, 15) is 0 Å². The minimum Gasteiger partial charge on any atom is -0.369 e. The van der Waals surface area contributed by atoms with Crippen LogP contribution in [0, 0.1) is 0 Å². The van der Waals surface area contributed by atoms with Gasteiger partial charge in [-0.3, -0.25) is 4.57 Å². The molecule has 1 saturated heterocycles. The van der Waals surface area contributed by atoms with Gasteiger partial charge in [-0.15, -0.1) is 34.2 Å². The molecule has 1 atom stereocenters. The van der Waals surface area contributed by atoms with Gasteiger partial charge in [0, 0.05) is 37.1 Å². The van der Waals surface area contributed by atoms with Crippen LogP contribution in [-0.4, -0.2) is 46.4 Å². The second-order valence-electron chi connectivity index (χ2n) is 7.06. The van der Waals surface area contributed by atoms with E-state index in [2.05, 4.69) is 63.0 Å². The van der Waals surface area contributed by atoms with E-state index in [-0.39, 0.29) is 24.0 Å². The van der Waals surface area contributed by atoms with Gasteiger partial charge < -0.3 is 15.5 Å². The van der Waals surface area contributed by atoms with Crippen LogP contribution in [-0.2, 0) is 6.54 Å². The first-order valence-electron chi connectivity index (χ1n) is 10.1. The summed E-state index contributed by atoms with van der Waals surface area (Å²) in [7, 11) is 0. The van der Waals surface area contributed by atoms with Crippen molar-refractivity contribution in [3.8, 4) is 5.69 Å². The summed E-state index contributed by atoms with van der Waals surface area (Å²) in [6, 6.07) is 21.0. The lowest BCUT2D eigenvalue weighted by Crippen LogP contribution is -2.44. The van der Waals surface area contributed by atoms with Crippen LogP contribution in [0.5, 0.6) is 0 Å². The van der Waals surface area contributed by atoms with Gasteiger partial charge in [0.05, 0.1) is 0 Å². The molecule has 1 unspecified atom stereocenters. The van der Waals surface area contributed by atoms with Gasteiger partial charge in [0.25, 0.3) is 0 Å². The van der Waals surface area contributed by atoms with Crippen LogP contribution in [0.1, 0.15) is 19.2 Å². The number of halogens is 1. The quantitative estimate of drug-likeness (QED) is 0.299. The van der Waals surface area contributed by atoms with Gasteiger partial charge in [0.2, 0.25) is 0 Å². The van der Waals surface area contributed by atoms with Crippen LogP contribution in [0.4, 0.5) is 5.69 Å². The molecule has 0 saturated carbocycles. The Hall–Kier alpha value is -2.62. The first-order chi connectivity index (χ1) is 14.3. The minimum absolute atomic E-state index is 0. The van der Waals surface area contributed by atoms with E-state index in [1.807, 2.05) is 34.9 Å². The second-order valence-corrected chi connectivity index (χ2v) is 7.06. The van der Waals surface area contributed by atoms with Crippen molar-refractivity contribution in [2.75, 3.05) is 24.5 Å². The summed E-state index contributed by atoms with van der Waals surface area (Å²) in [4.78, 5) is 7.17. The molecule has 2 heterocycles. The summed E-state index contributed by atoms with van der Waals surface area (Å²) < 4.78 is 1.97. The fraction of sp³-hybridized carbons (Fsp3) is 0.318. The molecule has 7 nitrogen and oxygen atoms in total. The Morgan fingerprint density at radius 2 is 1.77 bits per heavy atom. The number of aliphatic imine (C=N–C) groups is 1. The fourth-order valence-electron chi connectivity index (χ4n) is 3.59. The average Bonchev–Trinajstić information content (AvgIpc) is 3.43. The molecule has 2 N–H and O–H groups in total. The number of anilines is 1. The summed E-state index contributed by atoms with van der Waals surface area (Å²) in [5.41, 5.74) is 2.31. The van der Waals surface area contributed by atoms with E-state index < -0.39 is 0 Å². The molecule has 0 aliphatic carbocycles. The number of nitrogens with zero attached hydrogens (tertiary/aromatic N) is 5. The zero-order valence-corrected chi connectivity index (χ0v) is 19.4. The Balaban J connectivity index is 0.00000256. The predicted molar refractivity (Wildman–Crippen MR) is 132 cm³/mol. The topological polar surface area (TPSA) is 70.4 Å². The Bertz CT molecular complexity index is 927. The second kappa shape index (κ2) is 11.0. The van der Waals surface area contributed by atoms with Gasteiger partial charge in [0.1, 0.15) is 12.9 Å². The maximum absolute atomic E-state index is 4.76. The highest BCUT2D eigenvalue weighted by atomic mass is 127. The zero-order valence-electron chi connectivity index (χ0n) is 17.1. The van der Waals surface area contributed by atoms with E-state index in [1.54, 1.807) is 6.33 Å². The molecule has 3 aromatic rings. The number of nitrogens with one attached hydrogen (secondary N) is 2. The highest BCUT2D eigenvalue weighted by molar-refractivity contribution is 14.0. The highest BCUT2D eigenvalue weighted by Crippen LogP contribution is 2.19. The van der Waals surface area contributed by atoms with E-state index in [0.717, 1.165) is 43.5 Å². The molecular formula is C22H28IN7. The molecule has 1 aliphatic heterocycles. The fourth-order valence-corrected chi connectivity index (χ4v) is 3.59. The highest BCUT2D eigenvalue weighted by Gasteiger charge is 2.23. The molecule has 1 aliphatic rings. The SMILES string of the molecule is CCNC(=NCc1nncn1-c1ccccc1)NC1CCN(c2ccccc2)C1.I. The Morgan fingerprint density at radius 1 is 1.07 bits per heavy atom. The number of guanidine groups is 1. The van der Waals surface area contributed by atoms with Gasteiger partial charge in [-0.05, 0) is 37.6 Å². The maximum Gasteiger partial charge on any atom is 0.191 e. The van der Waals surface area contributed by atoms with Crippen LogP contribution < -0.4 is 15.5 Å². The Kier molecular flexibility index (Phi) is 8.06. The molecule has 1 fully saturated rings. The summed E-state index contributed by atoms with van der Waals surface area (Å²) in [5, 5.41) is 15.2. The van der Waals surface area contributed by atoms with Gasteiger partial charge >= 0.3 is 0 Å². The molecule has 4 rings (SSSR count). The smallest absolute Gasteiger partial charge is 0.191 e. The number of benzene rings is 2. The van der Waals surface area contributed by atoms with Crippen LogP contribution in [0.15, 0.2) is 72.0 Å². The normalized spacial score (nSPS) is 16.2. The molecule has 8 heteroatoms. The van der Waals surface area contributed by atoms with Crippen molar-refractivity contribution in [2.45, 2.75) is 25.9 Å². The Labute approximate surface area is 194 Å². The molecule has 0 bridgehead atoms. The summed E-state index contributed by atoms with van der Waals surface area (Å²) >= 11 is 0. The summed E-state index contributed by atoms with van der Waals surface area (Å²) in [5.74, 6) is 1.63. The van der Waals surface area contributed by atoms with Crippen molar-refractivity contribution in [1.82, 2.24) is 25.4 Å². The first-order valence-corrected chi connectivity index (χ1v) is 10.1. The third-order valence-corrected chi connectivity index (χ3v) is 5.03. The van der Waals surface area contributed by atoms with Gasteiger partial charge in [-0.25, -0.2) is 4.99 Å². The molecule has 1 aromatic heterocycles. The lowest BCUT2D eigenvalue weighted by atomic mass is 10.3. The van der Waals surface area contributed by atoms with Gasteiger partial charge in [-0.1, -0.05) is 36.4 Å². The van der Waals surface area contributed by atoms with Gasteiger partial charge in [-0.2, -0.15) is 0 Å². The summed E-state index contributed by atoms with van der Waals surface area (Å²) in [6.07, 6.45) is 2.81. The van der Waals surface area contributed by atoms with Crippen molar-refractivity contribution < 1.29 is 0 Å². The monoisotopic (exact) mass is 517 g/mol. The van der Waals surface area contributed by atoms with Crippen molar-refractivity contribution in [1.29, 1.82) is 0 Å². The maximum atomic E-state index is 4.76. The standard InChI is InChI=1S/C22H27N7.HI/c1-2-23-22(26-18-13-14-28(16-18)19-9-5-3-6-10-19)24-15-21-27-25-17-29(21)20-11-7-4-8-12-20;/h3-12,17-18H,2,13-16H2,1H3,(H2,23,24,26);1H. The van der Waals surface area contributed by atoms with E-state index in [1.165, 1.54) is 5.69 Å². The largest absolute Gasteiger partial charge is 0.369 e. The molecule has 30 heavy (non-hydrogen) atoms. The Morgan fingerprint density at radius 3 is 2.47 bits per heavy atom. The number of aromatic nitrogens is 3. The number of para-hydroxylation sites is 2. The lowest BCUT2D eigenvalue weighted by molar-refractivity contribution is 0.647. The number of hydrogen-bond donors (Lipinski definition) is 2. The zero-order chi connectivity index (χ0) is 19.9. The van der Waals surface area contributed by atoms with Crippen molar-refractivity contribution in [2.24, 2.45) is 4.99 Å². The third kappa shape index (κ3) is 5.50. The van der Waals surface area contributed by atoms with Gasteiger partial charge in [0.15, 0.2) is 11.8 Å². The molecular weight excluding hydrogens is 489 g/mol. The van der Waals surface area contributed by atoms with Crippen LogP contribution in [0.3, 0.4) is 0 Å².